The number of hydrogen-bond acceptors (Lipinski definition) is 4. The van der Waals surface area contributed by atoms with Crippen LogP contribution in [-0.2, 0) is 11.2 Å². The summed E-state index contributed by atoms with van der Waals surface area (Å²) in [4.78, 5) is 23.6. The van der Waals surface area contributed by atoms with E-state index in [1.54, 1.807) is 7.11 Å². The molecule has 0 aliphatic carbocycles. The summed E-state index contributed by atoms with van der Waals surface area (Å²) in [6.45, 7) is 1.21. The molecule has 1 rings (SSSR count). The van der Waals surface area contributed by atoms with Gasteiger partial charge in [-0.1, -0.05) is 18.2 Å². The number of ether oxygens (including phenoxy) is 1. The second kappa shape index (κ2) is 8.92. The van der Waals surface area contributed by atoms with Crippen LogP contribution in [0, 0.1) is 0 Å². The van der Waals surface area contributed by atoms with Gasteiger partial charge in [-0.05, 0) is 31.0 Å². The van der Waals surface area contributed by atoms with Crippen molar-refractivity contribution in [2.75, 3.05) is 26.7 Å². The monoisotopic (exact) mass is 279 g/mol. The fourth-order valence-electron chi connectivity index (χ4n) is 1.78. The van der Waals surface area contributed by atoms with E-state index in [0.29, 0.717) is 38.9 Å². The van der Waals surface area contributed by atoms with Gasteiger partial charge in [-0.15, -0.1) is 0 Å². The Hall–Kier alpha value is -2.08. The molecule has 6 heteroatoms. The van der Waals surface area contributed by atoms with E-state index < -0.39 is 6.03 Å². The minimum absolute atomic E-state index is 0.334. The van der Waals surface area contributed by atoms with Crippen molar-refractivity contribution in [3.05, 3.63) is 29.8 Å². The zero-order valence-corrected chi connectivity index (χ0v) is 11.7. The third-order valence-electron chi connectivity index (χ3n) is 2.85. The van der Waals surface area contributed by atoms with Crippen molar-refractivity contribution in [2.45, 2.75) is 12.8 Å². The molecule has 0 unspecified atom stereocenters. The van der Waals surface area contributed by atoms with Crippen LogP contribution in [0.25, 0.3) is 0 Å². The van der Waals surface area contributed by atoms with Gasteiger partial charge in [0.1, 0.15) is 5.75 Å². The SMILES string of the molecule is COc1ccccc1CCNC(=O)N(C=O)CCCN. The van der Waals surface area contributed by atoms with E-state index in [1.807, 2.05) is 24.3 Å². The zero-order valence-electron chi connectivity index (χ0n) is 11.7. The summed E-state index contributed by atoms with van der Waals surface area (Å²) >= 11 is 0. The van der Waals surface area contributed by atoms with Crippen LogP contribution in [0.1, 0.15) is 12.0 Å². The van der Waals surface area contributed by atoms with Gasteiger partial charge in [0.25, 0.3) is 0 Å². The molecule has 20 heavy (non-hydrogen) atoms. The van der Waals surface area contributed by atoms with E-state index in [-0.39, 0.29) is 0 Å². The van der Waals surface area contributed by atoms with Crippen LogP contribution in [0.15, 0.2) is 24.3 Å². The predicted octanol–water partition coefficient (Wildman–Crippen LogP) is 0.754. The van der Waals surface area contributed by atoms with Gasteiger partial charge in [0.05, 0.1) is 7.11 Å². The zero-order chi connectivity index (χ0) is 14.8. The highest BCUT2D eigenvalue weighted by atomic mass is 16.5. The molecule has 6 nitrogen and oxygen atoms in total. The Labute approximate surface area is 118 Å². The number of amides is 3. The Morgan fingerprint density at radius 1 is 1.45 bits per heavy atom. The predicted molar refractivity (Wildman–Crippen MR) is 76.5 cm³/mol. The van der Waals surface area contributed by atoms with Gasteiger partial charge in [-0.3, -0.25) is 9.69 Å². The Kier molecular flexibility index (Phi) is 7.13. The van der Waals surface area contributed by atoms with E-state index in [4.69, 9.17) is 10.5 Å². The molecule has 0 aromatic heterocycles. The van der Waals surface area contributed by atoms with Crippen LogP contribution in [-0.4, -0.2) is 44.1 Å². The number of rotatable bonds is 8. The molecular weight excluding hydrogens is 258 g/mol. The summed E-state index contributed by atoms with van der Waals surface area (Å²) in [6, 6.07) is 7.22. The number of hydrogen-bond donors (Lipinski definition) is 2. The van der Waals surface area contributed by atoms with E-state index in [0.717, 1.165) is 16.2 Å². The molecule has 0 saturated heterocycles. The van der Waals surface area contributed by atoms with Crippen molar-refractivity contribution in [2.24, 2.45) is 5.73 Å². The molecule has 1 aromatic rings. The first-order chi connectivity index (χ1) is 9.72. The van der Waals surface area contributed by atoms with Crippen LogP contribution in [0.2, 0.25) is 0 Å². The van der Waals surface area contributed by atoms with Crippen LogP contribution in [0.3, 0.4) is 0 Å². The van der Waals surface area contributed by atoms with Gasteiger partial charge < -0.3 is 15.8 Å². The molecule has 0 heterocycles. The first kappa shape index (κ1) is 16.0. The van der Waals surface area contributed by atoms with Crippen LogP contribution in [0.4, 0.5) is 4.79 Å². The summed E-state index contributed by atoms with van der Waals surface area (Å²) in [5.41, 5.74) is 6.36. The summed E-state index contributed by atoms with van der Waals surface area (Å²) in [5.74, 6) is 0.789. The number of para-hydroxylation sites is 1. The normalized spacial score (nSPS) is 9.90. The number of urea groups is 1. The average Bonchev–Trinajstić information content (AvgIpc) is 2.48. The number of carbonyl (C=O) groups is 2. The summed E-state index contributed by atoms with van der Waals surface area (Å²) in [6.07, 6.45) is 1.76. The number of nitrogens with two attached hydrogens (primary N) is 1. The number of carbonyl (C=O) groups excluding carboxylic acids is 2. The number of nitrogens with one attached hydrogen (secondary N) is 1. The van der Waals surface area contributed by atoms with Crippen molar-refractivity contribution in [3.63, 3.8) is 0 Å². The fraction of sp³-hybridized carbons (Fsp3) is 0.429. The maximum Gasteiger partial charge on any atom is 0.323 e. The van der Waals surface area contributed by atoms with E-state index in [1.165, 1.54) is 0 Å². The van der Waals surface area contributed by atoms with Gasteiger partial charge in [0.2, 0.25) is 6.41 Å². The molecular formula is C14H21N3O3. The fourth-order valence-corrected chi connectivity index (χ4v) is 1.78. The lowest BCUT2D eigenvalue weighted by atomic mass is 10.1. The minimum Gasteiger partial charge on any atom is -0.496 e. The highest BCUT2D eigenvalue weighted by molar-refractivity contribution is 5.84. The van der Waals surface area contributed by atoms with Crippen LogP contribution >= 0.6 is 0 Å². The highest BCUT2D eigenvalue weighted by Crippen LogP contribution is 2.17. The maximum absolute atomic E-state index is 11.7. The molecule has 0 fully saturated rings. The molecule has 0 aliphatic rings. The van der Waals surface area contributed by atoms with Gasteiger partial charge in [0.15, 0.2) is 0 Å². The first-order valence-electron chi connectivity index (χ1n) is 6.54. The van der Waals surface area contributed by atoms with E-state index in [9.17, 15) is 9.59 Å². The molecule has 0 aliphatic heterocycles. The minimum atomic E-state index is -0.400. The smallest absolute Gasteiger partial charge is 0.323 e. The average molecular weight is 279 g/mol. The van der Waals surface area contributed by atoms with Crippen LogP contribution in [0.5, 0.6) is 5.75 Å². The Balaban J connectivity index is 2.42. The van der Waals surface area contributed by atoms with Gasteiger partial charge in [-0.2, -0.15) is 0 Å². The lowest BCUT2D eigenvalue weighted by molar-refractivity contribution is -0.115. The third kappa shape index (κ3) is 4.89. The van der Waals surface area contributed by atoms with Crippen LogP contribution < -0.4 is 15.8 Å². The highest BCUT2D eigenvalue weighted by Gasteiger charge is 2.11. The van der Waals surface area contributed by atoms with Crippen molar-refractivity contribution in [3.8, 4) is 5.75 Å². The lowest BCUT2D eigenvalue weighted by Crippen LogP contribution is -2.40. The number of imide groups is 1. The summed E-state index contributed by atoms with van der Waals surface area (Å²) in [5, 5.41) is 2.70. The summed E-state index contributed by atoms with van der Waals surface area (Å²) < 4.78 is 5.23. The standard InChI is InChI=1S/C14H21N3O3/c1-20-13-6-3-2-5-12(13)7-9-16-14(19)17(11-18)10-4-8-15/h2-3,5-6,11H,4,7-10,15H2,1H3,(H,16,19). The van der Waals surface area contributed by atoms with Gasteiger partial charge >= 0.3 is 6.03 Å². The van der Waals surface area contributed by atoms with Gasteiger partial charge in [0, 0.05) is 13.1 Å². The Bertz CT molecular complexity index is 437. The topological polar surface area (TPSA) is 84.7 Å². The second-order valence-corrected chi connectivity index (χ2v) is 4.23. The molecule has 0 atom stereocenters. The molecule has 3 N–H and O–H groups in total. The summed E-state index contributed by atoms with van der Waals surface area (Å²) in [7, 11) is 1.61. The largest absolute Gasteiger partial charge is 0.496 e. The van der Waals surface area contributed by atoms with Crippen molar-refractivity contribution in [1.82, 2.24) is 10.2 Å². The molecule has 1 aromatic carbocycles. The number of benzene rings is 1. The lowest BCUT2D eigenvalue weighted by Gasteiger charge is -2.16. The Morgan fingerprint density at radius 3 is 2.85 bits per heavy atom. The van der Waals surface area contributed by atoms with Crippen molar-refractivity contribution < 1.29 is 14.3 Å². The molecule has 0 spiro atoms. The van der Waals surface area contributed by atoms with Crippen molar-refractivity contribution >= 4 is 12.4 Å². The second-order valence-electron chi connectivity index (χ2n) is 4.23. The molecule has 0 radical (unpaired) electrons. The third-order valence-corrected chi connectivity index (χ3v) is 2.85. The van der Waals surface area contributed by atoms with Crippen molar-refractivity contribution in [1.29, 1.82) is 0 Å². The molecule has 110 valence electrons. The molecule has 0 saturated carbocycles. The number of methoxy groups -OCH3 is 1. The quantitative estimate of drug-likeness (QED) is 0.688. The molecule has 3 amide bonds. The first-order valence-corrected chi connectivity index (χ1v) is 6.54. The maximum atomic E-state index is 11.7. The number of nitrogens with zero attached hydrogens (tertiary/aromatic N) is 1. The van der Waals surface area contributed by atoms with Gasteiger partial charge in [-0.25, -0.2) is 4.79 Å². The Morgan fingerprint density at radius 2 is 2.20 bits per heavy atom. The van der Waals surface area contributed by atoms with E-state index in [2.05, 4.69) is 5.32 Å². The molecule has 0 bridgehead atoms. The van der Waals surface area contributed by atoms with E-state index >= 15 is 0 Å².